The van der Waals surface area contributed by atoms with E-state index in [0.29, 0.717) is 6.07 Å². The molecule has 17 heavy (non-hydrogen) atoms. The van der Waals surface area contributed by atoms with E-state index in [9.17, 15) is 21.6 Å². The molecule has 1 heterocycles. The predicted octanol–water partition coefficient (Wildman–Crippen LogP) is 3.11. The van der Waals surface area contributed by atoms with Gasteiger partial charge in [0.25, 0.3) is 9.05 Å². The zero-order valence-corrected chi connectivity index (χ0v) is 9.62. The molecule has 0 bridgehead atoms. The van der Waals surface area contributed by atoms with Gasteiger partial charge in [-0.25, -0.2) is 8.42 Å². The normalized spacial score (nSPS) is 13.2. The topological polar surface area (TPSA) is 49.9 Å². The van der Waals surface area contributed by atoms with Gasteiger partial charge in [-0.3, -0.25) is 0 Å². The SMILES string of the molecule is O=S(=O)(Cl)c1cc(C(F)(F)F)c2[nH]ccc2c1. The molecule has 92 valence electrons. The fourth-order valence-electron chi connectivity index (χ4n) is 1.51. The number of hydrogen-bond donors (Lipinski definition) is 1. The molecule has 0 fully saturated rings. The van der Waals surface area contributed by atoms with Crippen LogP contribution in [0.25, 0.3) is 10.9 Å². The molecule has 0 atom stereocenters. The molecule has 1 aromatic heterocycles. The van der Waals surface area contributed by atoms with E-state index in [0.717, 1.165) is 6.07 Å². The average molecular weight is 284 g/mol. The van der Waals surface area contributed by atoms with Crippen LogP contribution in [0.3, 0.4) is 0 Å². The Morgan fingerprint density at radius 2 is 1.88 bits per heavy atom. The maximum Gasteiger partial charge on any atom is 0.418 e. The van der Waals surface area contributed by atoms with Gasteiger partial charge >= 0.3 is 6.18 Å². The smallest absolute Gasteiger partial charge is 0.361 e. The molecular formula is C9H5ClF3NO2S. The average Bonchev–Trinajstić information content (AvgIpc) is 2.59. The monoisotopic (exact) mass is 283 g/mol. The maximum atomic E-state index is 12.7. The third-order valence-electron chi connectivity index (χ3n) is 2.22. The largest absolute Gasteiger partial charge is 0.418 e. The van der Waals surface area contributed by atoms with Gasteiger partial charge in [0.15, 0.2) is 0 Å². The molecule has 0 saturated carbocycles. The molecule has 0 amide bonds. The number of rotatable bonds is 1. The minimum absolute atomic E-state index is 0.138. The molecule has 0 spiro atoms. The first-order valence-electron chi connectivity index (χ1n) is 4.32. The van der Waals surface area contributed by atoms with Crippen molar-refractivity contribution in [3.8, 4) is 0 Å². The summed E-state index contributed by atoms with van der Waals surface area (Å²) in [5.74, 6) is 0. The first-order valence-corrected chi connectivity index (χ1v) is 6.63. The maximum absolute atomic E-state index is 12.7. The molecule has 1 N–H and O–H groups in total. The zero-order valence-electron chi connectivity index (χ0n) is 8.05. The lowest BCUT2D eigenvalue weighted by Crippen LogP contribution is -2.07. The van der Waals surface area contributed by atoms with E-state index in [-0.39, 0.29) is 10.9 Å². The number of nitrogens with one attached hydrogen (secondary N) is 1. The Morgan fingerprint density at radius 1 is 1.24 bits per heavy atom. The summed E-state index contributed by atoms with van der Waals surface area (Å²) < 4.78 is 60.2. The predicted molar refractivity (Wildman–Crippen MR) is 56.3 cm³/mol. The summed E-state index contributed by atoms with van der Waals surface area (Å²) in [6.45, 7) is 0. The molecule has 0 unspecified atom stereocenters. The van der Waals surface area contributed by atoms with Crippen molar-refractivity contribution in [3.63, 3.8) is 0 Å². The van der Waals surface area contributed by atoms with Crippen LogP contribution in [-0.2, 0) is 15.2 Å². The van der Waals surface area contributed by atoms with E-state index < -0.39 is 25.7 Å². The van der Waals surface area contributed by atoms with Crippen LogP contribution in [0, 0.1) is 0 Å². The summed E-state index contributed by atoms with van der Waals surface area (Å²) in [5.41, 5.74) is -1.22. The quantitative estimate of drug-likeness (QED) is 0.818. The van der Waals surface area contributed by atoms with E-state index in [2.05, 4.69) is 4.98 Å². The van der Waals surface area contributed by atoms with E-state index in [1.165, 1.54) is 12.3 Å². The van der Waals surface area contributed by atoms with Gasteiger partial charge in [-0.15, -0.1) is 0 Å². The molecule has 1 aromatic carbocycles. The van der Waals surface area contributed by atoms with Crippen LogP contribution in [0.1, 0.15) is 5.56 Å². The Labute approximate surface area is 98.6 Å². The summed E-state index contributed by atoms with van der Waals surface area (Å²) in [4.78, 5) is 1.84. The minimum Gasteiger partial charge on any atom is -0.361 e. The Kier molecular flexibility index (Phi) is 2.62. The summed E-state index contributed by atoms with van der Waals surface area (Å²) >= 11 is 0. The van der Waals surface area contributed by atoms with Crippen LogP contribution in [-0.4, -0.2) is 13.4 Å². The fraction of sp³-hybridized carbons (Fsp3) is 0.111. The second kappa shape index (κ2) is 3.64. The molecule has 0 radical (unpaired) electrons. The van der Waals surface area contributed by atoms with Gasteiger partial charge in [0, 0.05) is 22.3 Å². The summed E-state index contributed by atoms with van der Waals surface area (Å²) in [5, 5.41) is 0.138. The Morgan fingerprint density at radius 3 is 2.41 bits per heavy atom. The van der Waals surface area contributed by atoms with E-state index in [1.54, 1.807) is 0 Å². The summed E-state index contributed by atoms with van der Waals surface area (Å²) in [7, 11) is 0.846. The Hall–Kier alpha value is -1.21. The van der Waals surface area contributed by atoms with Crippen molar-refractivity contribution in [1.82, 2.24) is 4.98 Å². The minimum atomic E-state index is -4.65. The van der Waals surface area contributed by atoms with Crippen molar-refractivity contribution in [2.75, 3.05) is 0 Å². The first kappa shape index (κ1) is 12.3. The lowest BCUT2D eigenvalue weighted by Gasteiger charge is -2.09. The molecule has 3 nitrogen and oxygen atoms in total. The first-order chi connectivity index (χ1) is 7.69. The van der Waals surface area contributed by atoms with Crippen molar-refractivity contribution >= 4 is 30.6 Å². The van der Waals surface area contributed by atoms with Crippen LogP contribution in [0.15, 0.2) is 29.3 Å². The van der Waals surface area contributed by atoms with Gasteiger partial charge in [0.2, 0.25) is 0 Å². The highest BCUT2D eigenvalue weighted by Gasteiger charge is 2.34. The van der Waals surface area contributed by atoms with Crippen molar-refractivity contribution < 1.29 is 21.6 Å². The van der Waals surface area contributed by atoms with Crippen LogP contribution in [0.2, 0.25) is 0 Å². The van der Waals surface area contributed by atoms with Crippen LogP contribution in [0.4, 0.5) is 13.2 Å². The number of H-pyrrole nitrogens is 1. The number of halogens is 4. The summed E-state index contributed by atoms with van der Waals surface area (Å²) in [6, 6.07) is 2.95. The van der Waals surface area contributed by atoms with Gasteiger partial charge in [-0.1, -0.05) is 0 Å². The van der Waals surface area contributed by atoms with Crippen molar-refractivity contribution in [3.05, 3.63) is 30.0 Å². The number of aromatic nitrogens is 1. The number of hydrogen-bond acceptors (Lipinski definition) is 2. The zero-order chi connectivity index (χ0) is 12.8. The van der Waals surface area contributed by atoms with E-state index in [1.807, 2.05) is 0 Å². The summed E-state index contributed by atoms with van der Waals surface area (Å²) in [6.07, 6.45) is -3.36. The van der Waals surface area contributed by atoms with E-state index >= 15 is 0 Å². The number of alkyl halides is 3. The second-order valence-corrected chi connectivity index (χ2v) is 5.91. The number of benzene rings is 1. The number of aromatic amines is 1. The van der Waals surface area contributed by atoms with Crippen LogP contribution in [0.5, 0.6) is 0 Å². The molecule has 0 aliphatic carbocycles. The van der Waals surface area contributed by atoms with Gasteiger partial charge < -0.3 is 4.98 Å². The van der Waals surface area contributed by atoms with Gasteiger partial charge in [0.1, 0.15) is 0 Å². The molecule has 2 rings (SSSR count). The molecular weight excluding hydrogens is 279 g/mol. The molecule has 0 aliphatic heterocycles. The standard InChI is InChI=1S/C9H5ClF3NO2S/c10-17(15,16)6-3-5-1-2-14-8(5)7(4-6)9(11,12)13/h1-4,14H. The van der Waals surface area contributed by atoms with Crippen molar-refractivity contribution in [2.24, 2.45) is 0 Å². The van der Waals surface area contributed by atoms with Crippen molar-refractivity contribution in [1.29, 1.82) is 0 Å². The lowest BCUT2D eigenvalue weighted by atomic mass is 10.1. The molecule has 2 aromatic rings. The second-order valence-electron chi connectivity index (χ2n) is 3.35. The number of fused-ring (bicyclic) bond motifs is 1. The third-order valence-corrected chi connectivity index (χ3v) is 3.55. The van der Waals surface area contributed by atoms with Gasteiger partial charge in [-0.05, 0) is 18.2 Å². The van der Waals surface area contributed by atoms with Gasteiger partial charge in [0.05, 0.1) is 16.0 Å². The third kappa shape index (κ3) is 2.25. The van der Waals surface area contributed by atoms with Crippen LogP contribution < -0.4 is 0 Å². The highest BCUT2D eigenvalue weighted by atomic mass is 35.7. The fourth-order valence-corrected chi connectivity index (χ4v) is 2.30. The highest BCUT2D eigenvalue weighted by molar-refractivity contribution is 8.13. The van der Waals surface area contributed by atoms with E-state index in [4.69, 9.17) is 10.7 Å². The lowest BCUT2D eigenvalue weighted by molar-refractivity contribution is -0.136. The highest BCUT2D eigenvalue weighted by Crippen LogP contribution is 2.36. The Balaban J connectivity index is 2.86. The van der Waals surface area contributed by atoms with Crippen LogP contribution >= 0.6 is 10.7 Å². The molecule has 0 aliphatic rings. The molecule has 0 saturated heterocycles. The molecule has 8 heteroatoms. The Bertz CT molecular complexity index is 675. The van der Waals surface area contributed by atoms with Crippen molar-refractivity contribution in [2.45, 2.75) is 11.1 Å². The van der Waals surface area contributed by atoms with Gasteiger partial charge in [-0.2, -0.15) is 13.2 Å².